The maximum Gasteiger partial charge on any atom is 0.253 e. The van der Waals surface area contributed by atoms with Crippen molar-refractivity contribution in [2.75, 3.05) is 25.2 Å². The highest BCUT2D eigenvalue weighted by Gasteiger charge is 2.33. The minimum atomic E-state index is -0.120. The highest BCUT2D eigenvalue weighted by atomic mass is 79.9. The summed E-state index contributed by atoms with van der Waals surface area (Å²) in [7, 11) is 1.65. The fourth-order valence-corrected chi connectivity index (χ4v) is 5.36. The molecule has 2 heterocycles. The van der Waals surface area contributed by atoms with E-state index in [2.05, 4.69) is 20.9 Å². The molecule has 0 N–H and O–H groups in total. The van der Waals surface area contributed by atoms with E-state index in [1.807, 2.05) is 48.5 Å². The first-order valence-electron chi connectivity index (χ1n) is 9.23. The molecule has 2 aliphatic rings. The van der Waals surface area contributed by atoms with Crippen LogP contribution in [-0.2, 0) is 4.79 Å². The summed E-state index contributed by atoms with van der Waals surface area (Å²) in [5.41, 5.74) is 3.00. The van der Waals surface area contributed by atoms with Crippen molar-refractivity contribution in [2.45, 2.75) is 12.5 Å². The molecule has 0 spiro atoms. The fraction of sp³-hybridized carbons (Fsp3) is 0.286. The van der Waals surface area contributed by atoms with Gasteiger partial charge in [-0.1, -0.05) is 63.7 Å². The van der Waals surface area contributed by atoms with Gasteiger partial charge in [0.25, 0.3) is 5.91 Å². The van der Waals surface area contributed by atoms with Gasteiger partial charge in [0, 0.05) is 16.6 Å². The Balaban J connectivity index is 1.57. The van der Waals surface area contributed by atoms with Crippen LogP contribution < -0.4 is 4.74 Å². The number of aliphatic imine (C=N–C) groups is 1. The van der Waals surface area contributed by atoms with Gasteiger partial charge in [-0.05, 0) is 35.4 Å². The maximum absolute atomic E-state index is 13.0. The molecule has 0 aromatic heterocycles. The van der Waals surface area contributed by atoms with Crippen molar-refractivity contribution in [1.82, 2.24) is 5.01 Å². The number of hydrogen-bond donors (Lipinski definition) is 0. The molecule has 5 nitrogen and oxygen atoms in total. The number of methoxy groups -OCH3 is 1. The van der Waals surface area contributed by atoms with E-state index in [9.17, 15) is 4.79 Å². The summed E-state index contributed by atoms with van der Waals surface area (Å²) in [6.07, 6.45) is 0.681. The smallest absolute Gasteiger partial charge is 0.253 e. The number of thioether (sulfide) groups is 2. The van der Waals surface area contributed by atoms with Crippen molar-refractivity contribution in [1.29, 1.82) is 0 Å². The lowest BCUT2D eigenvalue weighted by Crippen LogP contribution is -2.28. The fourth-order valence-electron chi connectivity index (χ4n) is 3.24. The molecule has 1 amide bonds. The van der Waals surface area contributed by atoms with Gasteiger partial charge in [-0.15, -0.1) is 0 Å². The van der Waals surface area contributed by atoms with Crippen LogP contribution in [0.3, 0.4) is 0 Å². The molecule has 150 valence electrons. The van der Waals surface area contributed by atoms with Crippen molar-refractivity contribution < 1.29 is 9.53 Å². The van der Waals surface area contributed by atoms with Crippen LogP contribution >= 0.6 is 39.5 Å². The topological polar surface area (TPSA) is 54.3 Å². The average molecular weight is 490 g/mol. The molecule has 0 unspecified atom stereocenters. The van der Waals surface area contributed by atoms with Crippen LogP contribution in [0.2, 0.25) is 0 Å². The van der Waals surface area contributed by atoms with E-state index in [1.165, 1.54) is 11.8 Å². The summed E-state index contributed by atoms with van der Waals surface area (Å²) in [6.45, 7) is 0.839. The second-order valence-electron chi connectivity index (χ2n) is 6.57. The summed E-state index contributed by atoms with van der Waals surface area (Å²) in [5.74, 6) is 2.14. The summed E-state index contributed by atoms with van der Waals surface area (Å²) < 4.78 is 7.29. The molecule has 0 saturated carbocycles. The van der Waals surface area contributed by atoms with Crippen LogP contribution in [0.4, 0.5) is 0 Å². The van der Waals surface area contributed by atoms with E-state index in [0.29, 0.717) is 12.2 Å². The summed E-state index contributed by atoms with van der Waals surface area (Å²) in [5, 5.41) is 6.37. The molecule has 4 rings (SSSR count). The molecule has 0 aliphatic carbocycles. The van der Waals surface area contributed by atoms with Crippen molar-refractivity contribution >= 4 is 55.4 Å². The van der Waals surface area contributed by atoms with Crippen LogP contribution in [0.1, 0.15) is 23.6 Å². The first-order valence-corrected chi connectivity index (χ1v) is 12.0. The zero-order chi connectivity index (χ0) is 20.2. The Morgan fingerprint density at radius 2 is 2.00 bits per heavy atom. The molecule has 0 saturated heterocycles. The van der Waals surface area contributed by atoms with Crippen molar-refractivity contribution in [3.05, 3.63) is 64.1 Å². The number of carbonyl (C=O) groups excluding carboxylic acids is 1. The molecule has 2 aliphatic heterocycles. The lowest BCUT2D eigenvalue weighted by molar-refractivity contribution is -0.130. The Hall–Kier alpha value is -1.77. The van der Waals surface area contributed by atoms with Gasteiger partial charge in [0.15, 0.2) is 0 Å². The predicted molar refractivity (Wildman–Crippen MR) is 125 cm³/mol. The first kappa shape index (κ1) is 20.5. The van der Waals surface area contributed by atoms with Gasteiger partial charge in [-0.25, -0.2) is 5.01 Å². The standard InChI is InChI=1S/C21H20BrN3O2S2/c1-27-17-8-4-15(5-9-17)19-12-18(14-2-6-16(22)7-3-14)24-25(19)20(26)13-29-21-23-10-11-28-21/h2-9,19H,10-13H2,1H3/t19-/m1/s1. The van der Waals surface area contributed by atoms with E-state index < -0.39 is 0 Å². The van der Waals surface area contributed by atoms with Crippen molar-refractivity contribution in [2.24, 2.45) is 10.1 Å². The predicted octanol–water partition coefficient (Wildman–Crippen LogP) is 4.97. The third-order valence-corrected chi connectivity index (χ3v) is 7.49. The Bertz CT molecular complexity index is 945. The zero-order valence-corrected chi connectivity index (χ0v) is 19.1. The third-order valence-electron chi connectivity index (χ3n) is 4.72. The largest absolute Gasteiger partial charge is 0.497 e. The van der Waals surface area contributed by atoms with E-state index in [-0.39, 0.29) is 11.9 Å². The van der Waals surface area contributed by atoms with Gasteiger partial charge in [0.1, 0.15) is 10.1 Å². The molecule has 2 aromatic carbocycles. The average Bonchev–Trinajstić information content (AvgIpc) is 3.43. The number of amides is 1. The van der Waals surface area contributed by atoms with Gasteiger partial charge in [-0.3, -0.25) is 9.79 Å². The van der Waals surface area contributed by atoms with Gasteiger partial charge in [0.05, 0.1) is 31.2 Å². The zero-order valence-electron chi connectivity index (χ0n) is 15.9. The lowest BCUT2D eigenvalue weighted by Gasteiger charge is -2.22. The van der Waals surface area contributed by atoms with E-state index in [4.69, 9.17) is 9.84 Å². The highest BCUT2D eigenvalue weighted by Crippen LogP contribution is 2.34. The Labute approximate surface area is 187 Å². The molecule has 8 heteroatoms. The number of nitrogens with zero attached hydrogens (tertiary/aromatic N) is 3. The molecule has 1 atom stereocenters. The van der Waals surface area contributed by atoms with Gasteiger partial charge < -0.3 is 4.74 Å². The number of benzene rings is 2. The molecular weight excluding hydrogens is 470 g/mol. The summed E-state index contributed by atoms with van der Waals surface area (Å²) in [6, 6.07) is 15.8. The SMILES string of the molecule is COc1ccc([C@H]2CC(c3ccc(Br)cc3)=NN2C(=O)CSC2=NCCS2)cc1. The summed E-state index contributed by atoms with van der Waals surface area (Å²) in [4.78, 5) is 17.5. The number of hydrogen-bond acceptors (Lipinski definition) is 6. The van der Waals surface area contributed by atoms with E-state index in [1.54, 1.807) is 23.9 Å². The van der Waals surface area contributed by atoms with Crippen LogP contribution in [0, 0.1) is 0 Å². The molecule has 0 bridgehead atoms. The van der Waals surface area contributed by atoms with Crippen molar-refractivity contribution in [3.63, 3.8) is 0 Å². The van der Waals surface area contributed by atoms with E-state index >= 15 is 0 Å². The molecule has 29 heavy (non-hydrogen) atoms. The minimum absolute atomic E-state index is 0.00173. The van der Waals surface area contributed by atoms with Crippen LogP contribution in [0.25, 0.3) is 0 Å². The van der Waals surface area contributed by atoms with Crippen molar-refractivity contribution in [3.8, 4) is 5.75 Å². The quantitative estimate of drug-likeness (QED) is 0.594. The molecule has 0 radical (unpaired) electrons. The minimum Gasteiger partial charge on any atom is -0.497 e. The number of halogens is 1. The number of ether oxygens (including phenoxy) is 1. The van der Waals surface area contributed by atoms with Crippen LogP contribution in [-0.4, -0.2) is 46.2 Å². The second-order valence-corrected chi connectivity index (χ2v) is 9.79. The maximum atomic E-state index is 13.0. The normalized spacial score (nSPS) is 18.6. The molecule has 0 fully saturated rings. The Morgan fingerprint density at radius 1 is 1.24 bits per heavy atom. The summed E-state index contributed by atoms with van der Waals surface area (Å²) >= 11 is 6.69. The first-order chi connectivity index (χ1) is 14.1. The number of hydrazone groups is 1. The van der Waals surface area contributed by atoms with Gasteiger partial charge in [-0.2, -0.15) is 5.10 Å². The number of rotatable bonds is 5. The lowest BCUT2D eigenvalue weighted by atomic mass is 9.98. The third kappa shape index (κ3) is 4.87. The second kappa shape index (κ2) is 9.36. The van der Waals surface area contributed by atoms with Gasteiger partial charge in [0.2, 0.25) is 0 Å². The van der Waals surface area contributed by atoms with Crippen LogP contribution in [0.5, 0.6) is 5.75 Å². The van der Waals surface area contributed by atoms with E-state index in [0.717, 1.165) is 43.7 Å². The Kier molecular flexibility index (Phi) is 6.62. The monoisotopic (exact) mass is 489 g/mol. The molecular formula is C21H20BrN3O2S2. The van der Waals surface area contributed by atoms with Gasteiger partial charge >= 0.3 is 0 Å². The Morgan fingerprint density at radius 3 is 2.66 bits per heavy atom. The van der Waals surface area contributed by atoms with Crippen LogP contribution in [0.15, 0.2) is 63.1 Å². The highest BCUT2D eigenvalue weighted by molar-refractivity contribution is 9.10. The molecule has 2 aromatic rings. The number of carbonyl (C=O) groups is 1.